The number of hydrogen-bond acceptors (Lipinski definition) is 5. The molecule has 122 valence electrons. The third-order valence-electron chi connectivity index (χ3n) is 3.40. The number of carboxylic acid groups (broad SMARTS) is 1. The van der Waals surface area contributed by atoms with Crippen LogP contribution in [-0.2, 0) is 14.8 Å². The summed E-state index contributed by atoms with van der Waals surface area (Å²) in [7, 11) is -3.95. The Bertz CT molecular complexity index is 670. The molecule has 1 aliphatic heterocycles. The van der Waals surface area contributed by atoms with Crippen LogP contribution in [0.5, 0.6) is 11.5 Å². The van der Waals surface area contributed by atoms with Crippen molar-refractivity contribution >= 4 is 16.0 Å². The van der Waals surface area contributed by atoms with Gasteiger partial charge >= 0.3 is 5.97 Å². The first-order chi connectivity index (χ1) is 10.3. The number of fused-ring (bicyclic) bond motifs is 1. The number of benzene rings is 1. The second-order valence-corrected chi connectivity index (χ2v) is 6.81. The lowest BCUT2D eigenvalue weighted by molar-refractivity contribution is -0.139. The first-order valence-electron chi connectivity index (χ1n) is 7.00. The molecule has 0 aliphatic carbocycles. The molecule has 8 heteroatoms. The van der Waals surface area contributed by atoms with E-state index in [1.807, 2.05) is 6.92 Å². The van der Waals surface area contributed by atoms with E-state index in [-0.39, 0.29) is 18.1 Å². The predicted octanol–water partition coefficient (Wildman–Crippen LogP) is 1.65. The van der Waals surface area contributed by atoms with Gasteiger partial charge in [0.2, 0.25) is 16.8 Å². The average Bonchev–Trinajstić information content (AvgIpc) is 2.89. The number of ether oxygens (including phenoxy) is 2. The highest BCUT2D eigenvalue weighted by Gasteiger charge is 2.28. The van der Waals surface area contributed by atoms with Gasteiger partial charge in [-0.1, -0.05) is 19.8 Å². The van der Waals surface area contributed by atoms with Crippen LogP contribution in [0.2, 0.25) is 0 Å². The summed E-state index contributed by atoms with van der Waals surface area (Å²) in [5.41, 5.74) is 0.469. The van der Waals surface area contributed by atoms with Gasteiger partial charge in [0.05, 0.1) is 4.90 Å². The Morgan fingerprint density at radius 3 is 2.59 bits per heavy atom. The molecule has 0 bridgehead atoms. The molecular formula is C14H19NO6S. The molecule has 2 N–H and O–H groups in total. The number of aryl methyl sites for hydroxylation is 1. The number of carbonyl (C=O) groups is 1. The highest BCUT2D eigenvalue weighted by molar-refractivity contribution is 7.89. The topological polar surface area (TPSA) is 102 Å². The number of unbranched alkanes of at least 4 members (excludes halogenated alkanes) is 1. The van der Waals surface area contributed by atoms with Gasteiger partial charge in [-0.15, -0.1) is 0 Å². The van der Waals surface area contributed by atoms with E-state index in [1.165, 1.54) is 6.07 Å². The first kappa shape index (κ1) is 16.6. The van der Waals surface area contributed by atoms with Crippen LogP contribution in [0.1, 0.15) is 31.7 Å². The molecule has 1 aromatic rings. The molecule has 0 saturated heterocycles. The van der Waals surface area contributed by atoms with Gasteiger partial charge < -0.3 is 14.6 Å². The van der Waals surface area contributed by atoms with E-state index in [1.54, 1.807) is 13.0 Å². The van der Waals surface area contributed by atoms with E-state index in [0.29, 0.717) is 23.5 Å². The Hall–Kier alpha value is -1.80. The molecule has 0 saturated carbocycles. The summed E-state index contributed by atoms with van der Waals surface area (Å²) < 4.78 is 37.5. The zero-order valence-corrected chi connectivity index (χ0v) is 13.3. The van der Waals surface area contributed by atoms with Crippen LogP contribution in [0, 0.1) is 6.92 Å². The molecule has 0 fully saturated rings. The lowest BCUT2D eigenvalue weighted by Crippen LogP contribution is -2.40. The molecule has 7 nitrogen and oxygen atoms in total. The number of rotatable bonds is 7. The third-order valence-corrected chi connectivity index (χ3v) is 5.02. The Kier molecular flexibility index (Phi) is 4.92. The second-order valence-electron chi connectivity index (χ2n) is 5.13. The van der Waals surface area contributed by atoms with Crippen LogP contribution < -0.4 is 14.2 Å². The molecule has 22 heavy (non-hydrogen) atoms. The van der Waals surface area contributed by atoms with Crippen molar-refractivity contribution < 1.29 is 27.8 Å². The van der Waals surface area contributed by atoms with Crippen LogP contribution in [0.25, 0.3) is 0 Å². The van der Waals surface area contributed by atoms with E-state index < -0.39 is 22.0 Å². The van der Waals surface area contributed by atoms with Crippen molar-refractivity contribution in [2.75, 3.05) is 6.79 Å². The second kappa shape index (κ2) is 6.53. The third kappa shape index (κ3) is 3.50. The monoisotopic (exact) mass is 329 g/mol. The Morgan fingerprint density at radius 2 is 2.00 bits per heavy atom. The zero-order valence-electron chi connectivity index (χ0n) is 12.5. The molecular weight excluding hydrogens is 310 g/mol. The van der Waals surface area contributed by atoms with Crippen molar-refractivity contribution in [3.8, 4) is 11.5 Å². The van der Waals surface area contributed by atoms with Gasteiger partial charge in [-0.2, -0.15) is 4.72 Å². The minimum Gasteiger partial charge on any atom is -0.480 e. The molecule has 1 aromatic carbocycles. The normalized spacial score (nSPS) is 14.8. The summed E-state index contributed by atoms with van der Waals surface area (Å²) >= 11 is 0. The fraction of sp³-hybridized carbons (Fsp3) is 0.500. The summed E-state index contributed by atoms with van der Waals surface area (Å²) in [5.74, 6) is -0.362. The van der Waals surface area contributed by atoms with Crippen molar-refractivity contribution in [1.82, 2.24) is 4.72 Å². The van der Waals surface area contributed by atoms with E-state index in [0.717, 1.165) is 6.42 Å². The number of sulfonamides is 1. The van der Waals surface area contributed by atoms with Gasteiger partial charge in [0.15, 0.2) is 11.5 Å². The van der Waals surface area contributed by atoms with Crippen LogP contribution in [0.15, 0.2) is 17.0 Å². The molecule has 0 amide bonds. The summed E-state index contributed by atoms with van der Waals surface area (Å²) in [5, 5.41) is 9.16. The smallest absolute Gasteiger partial charge is 0.321 e. The number of aliphatic carboxylic acids is 1. The average molecular weight is 329 g/mol. The predicted molar refractivity (Wildman–Crippen MR) is 78.6 cm³/mol. The quantitative estimate of drug-likeness (QED) is 0.788. The van der Waals surface area contributed by atoms with E-state index in [2.05, 4.69) is 4.72 Å². The minimum absolute atomic E-state index is 0.000464. The van der Waals surface area contributed by atoms with Crippen molar-refractivity contribution in [3.05, 3.63) is 17.7 Å². The molecule has 2 rings (SSSR count). The van der Waals surface area contributed by atoms with Gasteiger partial charge in [0.1, 0.15) is 6.04 Å². The Labute approximate surface area is 129 Å². The van der Waals surface area contributed by atoms with Gasteiger partial charge in [-0.25, -0.2) is 8.42 Å². The van der Waals surface area contributed by atoms with E-state index in [9.17, 15) is 13.2 Å². The highest BCUT2D eigenvalue weighted by atomic mass is 32.2. The maximum Gasteiger partial charge on any atom is 0.321 e. The Morgan fingerprint density at radius 1 is 1.36 bits per heavy atom. The van der Waals surface area contributed by atoms with Crippen molar-refractivity contribution in [2.24, 2.45) is 0 Å². The van der Waals surface area contributed by atoms with Gasteiger partial charge in [0.25, 0.3) is 0 Å². The summed E-state index contributed by atoms with van der Waals surface area (Å²) in [6, 6.07) is 1.78. The maximum atomic E-state index is 12.5. The summed E-state index contributed by atoms with van der Waals surface area (Å²) in [4.78, 5) is 11.2. The molecule has 1 aliphatic rings. The number of hydrogen-bond donors (Lipinski definition) is 2. The fourth-order valence-corrected chi connectivity index (χ4v) is 3.67. The standard InChI is InChI=1S/C14H19NO6S/c1-3-4-5-10(14(16)17)15-22(18,19)13-7-12-11(6-9(13)2)20-8-21-12/h6-7,10,15H,3-5,8H2,1-2H3,(H,16,17). The number of carboxylic acids is 1. The van der Waals surface area contributed by atoms with Gasteiger partial charge in [-0.05, 0) is 25.0 Å². The largest absolute Gasteiger partial charge is 0.480 e. The molecule has 0 radical (unpaired) electrons. The van der Waals surface area contributed by atoms with Crippen LogP contribution in [-0.4, -0.2) is 32.3 Å². The van der Waals surface area contributed by atoms with E-state index in [4.69, 9.17) is 14.6 Å². The van der Waals surface area contributed by atoms with Gasteiger partial charge in [0, 0.05) is 6.07 Å². The van der Waals surface area contributed by atoms with Crippen LogP contribution in [0.4, 0.5) is 0 Å². The lowest BCUT2D eigenvalue weighted by atomic mass is 10.1. The SMILES string of the molecule is CCCCC(NS(=O)(=O)c1cc2c(cc1C)OCO2)C(=O)O. The highest BCUT2D eigenvalue weighted by Crippen LogP contribution is 2.36. The van der Waals surface area contributed by atoms with Crippen molar-refractivity contribution in [2.45, 2.75) is 44.0 Å². The Balaban J connectivity index is 2.28. The maximum absolute atomic E-state index is 12.5. The van der Waals surface area contributed by atoms with Crippen LogP contribution >= 0.6 is 0 Å². The lowest BCUT2D eigenvalue weighted by Gasteiger charge is -2.16. The summed E-state index contributed by atoms with van der Waals surface area (Å²) in [6.07, 6.45) is 1.66. The number of nitrogens with one attached hydrogen (secondary N) is 1. The minimum atomic E-state index is -3.95. The van der Waals surface area contributed by atoms with Crippen molar-refractivity contribution in [1.29, 1.82) is 0 Å². The van der Waals surface area contributed by atoms with Crippen molar-refractivity contribution in [3.63, 3.8) is 0 Å². The molecule has 1 atom stereocenters. The molecule has 1 heterocycles. The molecule has 0 spiro atoms. The molecule has 0 aromatic heterocycles. The summed E-state index contributed by atoms with van der Waals surface area (Å²) in [6.45, 7) is 3.58. The fourth-order valence-electron chi connectivity index (χ4n) is 2.21. The van der Waals surface area contributed by atoms with Crippen LogP contribution in [0.3, 0.4) is 0 Å². The zero-order chi connectivity index (χ0) is 16.3. The molecule has 1 unspecified atom stereocenters. The van der Waals surface area contributed by atoms with E-state index >= 15 is 0 Å². The first-order valence-corrected chi connectivity index (χ1v) is 8.49. The van der Waals surface area contributed by atoms with Gasteiger partial charge in [-0.3, -0.25) is 4.79 Å².